The Kier molecular flexibility index (Phi) is 5.82. The van der Waals surface area contributed by atoms with Crippen molar-refractivity contribution >= 4 is 11.7 Å². The summed E-state index contributed by atoms with van der Waals surface area (Å²) in [5.41, 5.74) is 0. The van der Waals surface area contributed by atoms with E-state index in [1.165, 1.54) is 0 Å². The fourth-order valence-corrected chi connectivity index (χ4v) is 1.91. The van der Waals surface area contributed by atoms with Crippen molar-refractivity contribution in [1.29, 1.82) is 0 Å². The molecule has 0 aliphatic heterocycles. The lowest BCUT2D eigenvalue weighted by molar-refractivity contribution is -0.116. The van der Waals surface area contributed by atoms with Crippen LogP contribution in [0.3, 0.4) is 0 Å². The van der Waals surface area contributed by atoms with Gasteiger partial charge in [0.15, 0.2) is 5.82 Å². The van der Waals surface area contributed by atoms with Crippen LogP contribution in [0.1, 0.15) is 19.8 Å². The first-order valence-corrected chi connectivity index (χ1v) is 7.32. The number of anilines is 1. The van der Waals surface area contributed by atoms with Gasteiger partial charge in [-0.3, -0.25) is 9.48 Å². The molecule has 1 heterocycles. The number of nitrogens with zero attached hydrogens (tertiary/aromatic N) is 2. The Morgan fingerprint density at radius 3 is 2.45 bits per heavy atom. The van der Waals surface area contributed by atoms with E-state index in [4.69, 9.17) is 9.47 Å². The maximum absolute atomic E-state index is 11.7. The second-order valence-corrected chi connectivity index (χ2v) is 4.78. The molecule has 2 aromatic rings. The number of hydrogen-bond donors (Lipinski definition) is 1. The van der Waals surface area contributed by atoms with Crippen LogP contribution in [0.2, 0.25) is 0 Å². The molecule has 0 saturated carbocycles. The third kappa shape index (κ3) is 5.12. The highest BCUT2D eigenvalue weighted by atomic mass is 16.5. The molecule has 6 heteroatoms. The molecular weight excluding hydrogens is 282 g/mol. The van der Waals surface area contributed by atoms with Crippen LogP contribution in [0.5, 0.6) is 11.5 Å². The van der Waals surface area contributed by atoms with Gasteiger partial charge in [0.25, 0.3) is 0 Å². The van der Waals surface area contributed by atoms with Crippen molar-refractivity contribution in [1.82, 2.24) is 9.78 Å². The minimum atomic E-state index is -0.0611. The van der Waals surface area contributed by atoms with Crippen molar-refractivity contribution in [2.24, 2.45) is 7.05 Å². The number of carbonyl (C=O) groups excluding carboxylic acids is 1. The Hall–Kier alpha value is -2.50. The molecule has 2 rings (SSSR count). The third-order valence-electron chi connectivity index (χ3n) is 2.93. The van der Waals surface area contributed by atoms with Crippen molar-refractivity contribution in [3.63, 3.8) is 0 Å². The molecule has 0 aliphatic rings. The normalized spacial score (nSPS) is 10.3. The standard InChI is InChI=1S/C16H21N3O3/c1-3-21-13-6-8-14(9-7-13)22-12-4-5-16(20)17-15-10-11-19(2)18-15/h6-11H,3-5,12H2,1-2H3,(H,17,18,20). The highest BCUT2D eigenvalue weighted by Gasteiger charge is 2.04. The van der Waals surface area contributed by atoms with Gasteiger partial charge in [-0.1, -0.05) is 0 Å². The number of ether oxygens (including phenoxy) is 2. The average Bonchev–Trinajstić information content (AvgIpc) is 2.91. The first kappa shape index (κ1) is 15.9. The smallest absolute Gasteiger partial charge is 0.225 e. The van der Waals surface area contributed by atoms with Crippen LogP contribution >= 0.6 is 0 Å². The number of rotatable bonds is 8. The van der Waals surface area contributed by atoms with Crippen LogP contribution in [0.15, 0.2) is 36.5 Å². The second-order valence-electron chi connectivity index (χ2n) is 4.78. The number of nitrogens with one attached hydrogen (secondary N) is 1. The third-order valence-corrected chi connectivity index (χ3v) is 2.93. The molecule has 0 bridgehead atoms. The number of carbonyl (C=O) groups is 1. The summed E-state index contributed by atoms with van der Waals surface area (Å²) in [5, 5.41) is 6.83. The molecule has 0 aliphatic carbocycles. The maximum atomic E-state index is 11.7. The molecule has 118 valence electrons. The van der Waals surface area contributed by atoms with Crippen LogP contribution in [0.25, 0.3) is 0 Å². The Morgan fingerprint density at radius 1 is 1.18 bits per heavy atom. The lowest BCUT2D eigenvalue weighted by Crippen LogP contribution is -2.13. The van der Waals surface area contributed by atoms with Gasteiger partial charge >= 0.3 is 0 Å². The lowest BCUT2D eigenvalue weighted by Gasteiger charge is -2.07. The Bertz CT molecular complexity index is 593. The second kappa shape index (κ2) is 8.07. The van der Waals surface area contributed by atoms with E-state index < -0.39 is 0 Å². The van der Waals surface area contributed by atoms with Crippen LogP contribution in [0, 0.1) is 0 Å². The average molecular weight is 303 g/mol. The van der Waals surface area contributed by atoms with Gasteiger partial charge in [0.1, 0.15) is 11.5 Å². The molecule has 0 fully saturated rings. The molecule has 22 heavy (non-hydrogen) atoms. The molecule has 0 atom stereocenters. The maximum Gasteiger partial charge on any atom is 0.225 e. The lowest BCUT2D eigenvalue weighted by atomic mass is 10.3. The van der Waals surface area contributed by atoms with Gasteiger partial charge in [0.05, 0.1) is 13.2 Å². The van der Waals surface area contributed by atoms with E-state index in [9.17, 15) is 4.79 Å². The van der Waals surface area contributed by atoms with Crippen LogP contribution in [-0.4, -0.2) is 28.9 Å². The van der Waals surface area contributed by atoms with Crippen LogP contribution < -0.4 is 14.8 Å². The number of benzene rings is 1. The zero-order valence-electron chi connectivity index (χ0n) is 12.9. The molecule has 0 saturated heterocycles. The van der Waals surface area contributed by atoms with Gasteiger partial charge in [-0.05, 0) is 37.6 Å². The summed E-state index contributed by atoms with van der Waals surface area (Å²) >= 11 is 0. The van der Waals surface area contributed by atoms with Crippen molar-refractivity contribution < 1.29 is 14.3 Å². The summed E-state index contributed by atoms with van der Waals surface area (Å²) in [4.78, 5) is 11.7. The summed E-state index contributed by atoms with van der Waals surface area (Å²) in [5.74, 6) is 2.10. The SMILES string of the molecule is CCOc1ccc(OCCCC(=O)Nc2ccn(C)n2)cc1. The first-order chi connectivity index (χ1) is 10.7. The predicted octanol–water partition coefficient (Wildman–Crippen LogP) is 2.62. The van der Waals surface area contributed by atoms with E-state index in [1.807, 2.05) is 31.2 Å². The number of hydrogen-bond acceptors (Lipinski definition) is 4. The van der Waals surface area contributed by atoms with Crippen molar-refractivity contribution in [2.75, 3.05) is 18.5 Å². The summed E-state index contributed by atoms with van der Waals surface area (Å²) < 4.78 is 12.6. The molecule has 1 amide bonds. The predicted molar refractivity (Wildman–Crippen MR) is 84.2 cm³/mol. The summed E-state index contributed by atoms with van der Waals surface area (Å²) in [7, 11) is 1.81. The van der Waals surface area contributed by atoms with Crippen LogP contribution in [0.4, 0.5) is 5.82 Å². The molecule has 6 nitrogen and oxygen atoms in total. The van der Waals surface area contributed by atoms with Crippen LogP contribution in [-0.2, 0) is 11.8 Å². The van der Waals surface area contributed by atoms with E-state index in [0.717, 1.165) is 11.5 Å². The molecule has 0 unspecified atom stereocenters. The van der Waals surface area contributed by atoms with Crippen molar-refractivity contribution in [3.8, 4) is 11.5 Å². The van der Waals surface area contributed by atoms with Gasteiger partial charge in [-0.25, -0.2) is 0 Å². The Labute approximate surface area is 130 Å². The fraction of sp³-hybridized carbons (Fsp3) is 0.375. The molecule has 1 aromatic carbocycles. The van der Waals surface area contributed by atoms with E-state index in [2.05, 4.69) is 10.4 Å². The van der Waals surface area contributed by atoms with Crippen molar-refractivity contribution in [2.45, 2.75) is 19.8 Å². The first-order valence-electron chi connectivity index (χ1n) is 7.32. The van der Waals surface area contributed by atoms with Gasteiger partial charge in [-0.2, -0.15) is 5.10 Å². The highest BCUT2D eigenvalue weighted by molar-refractivity contribution is 5.89. The molecule has 0 spiro atoms. The minimum absolute atomic E-state index is 0.0611. The minimum Gasteiger partial charge on any atom is -0.494 e. The van der Waals surface area contributed by atoms with E-state index in [1.54, 1.807) is 24.0 Å². The van der Waals surface area contributed by atoms with E-state index in [0.29, 0.717) is 31.9 Å². The molecule has 1 N–H and O–H groups in total. The topological polar surface area (TPSA) is 65.4 Å². The molecule has 1 aromatic heterocycles. The van der Waals surface area contributed by atoms with E-state index >= 15 is 0 Å². The van der Waals surface area contributed by atoms with Gasteiger partial charge < -0.3 is 14.8 Å². The summed E-state index contributed by atoms with van der Waals surface area (Å²) in [6, 6.07) is 9.21. The number of aryl methyl sites for hydroxylation is 1. The monoisotopic (exact) mass is 303 g/mol. The van der Waals surface area contributed by atoms with Gasteiger partial charge in [0.2, 0.25) is 5.91 Å². The zero-order valence-corrected chi connectivity index (χ0v) is 12.9. The van der Waals surface area contributed by atoms with Gasteiger partial charge in [-0.15, -0.1) is 0 Å². The van der Waals surface area contributed by atoms with E-state index in [-0.39, 0.29) is 5.91 Å². The summed E-state index contributed by atoms with van der Waals surface area (Å²) in [6.45, 7) is 3.08. The zero-order chi connectivity index (χ0) is 15.8. The van der Waals surface area contributed by atoms with Gasteiger partial charge in [0, 0.05) is 25.7 Å². The quantitative estimate of drug-likeness (QED) is 0.761. The largest absolute Gasteiger partial charge is 0.494 e. The summed E-state index contributed by atoms with van der Waals surface area (Å²) in [6.07, 6.45) is 2.82. The molecule has 0 radical (unpaired) electrons. The highest BCUT2D eigenvalue weighted by Crippen LogP contribution is 2.17. The number of amides is 1. The van der Waals surface area contributed by atoms with Crippen molar-refractivity contribution in [3.05, 3.63) is 36.5 Å². The Balaban J connectivity index is 1.65. The fourth-order valence-electron chi connectivity index (χ4n) is 1.91. The number of aromatic nitrogens is 2. The Morgan fingerprint density at radius 2 is 1.86 bits per heavy atom. The molecular formula is C16H21N3O3.